The van der Waals surface area contributed by atoms with E-state index in [1.165, 1.54) is 5.56 Å². The van der Waals surface area contributed by atoms with E-state index >= 15 is 0 Å². The number of hydrogen-bond donors (Lipinski definition) is 1. The zero-order valence-corrected chi connectivity index (χ0v) is 15.0. The Morgan fingerprint density at radius 2 is 1.96 bits per heavy atom. The lowest BCUT2D eigenvalue weighted by Gasteiger charge is -2.32. The van der Waals surface area contributed by atoms with Crippen LogP contribution in [0.4, 0.5) is 0 Å². The molecule has 2 aliphatic rings. The van der Waals surface area contributed by atoms with Crippen LogP contribution in [0.2, 0.25) is 0 Å². The highest BCUT2D eigenvalue weighted by Gasteiger charge is 2.26. The first kappa shape index (κ1) is 17.8. The van der Waals surface area contributed by atoms with Crippen molar-refractivity contribution in [2.24, 2.45) is 5.92 Å². The lowest BCUT2D eigenvalue weighted by atomic mass is 9.93. The maximum Gasteiger partial charge on any atom is 0.260 e. The number of piperidine rings is 1. The Bertz CT molecular complexity index is 595. The standard InChI is InChI=1S/C20H28N2O3/c1-15-4-9-18(10-5-15)25-14-20(24)22-12-2-3-16(13-22)6-11-19(23)21-17-7-8-17/h4-5,9-10,16-17H,2-3,6-8,11-14H2,1H3,(H,21,23)/t16-/m1/s1. The van der Waals surface area contributed by atoms with Crippen molar-refractivity contribution in [1.29, 1.82) is 0 Å². The maximum atomic E-state index is 12.4. The molecule has 0 spiro atoms. The Labute approximate surface area is 149 Å². The molecule has 2 fully saturated rings. The third-order valence-electron chi connectivity index (χ3n) is 4.98. The second-order valence-electron chi connectivity index (χ2n) is 7.33. The van der Waals surface area contributed by atoms with Gasteiger partial charge in [-0.05, 0) is 57.1 Å². The molecule has 1 atom stereocenters. The lowest BCUT2D eigenvalue weighted by molar-refractivity contribution is -0.135. The fourth-order valence-electron chi connectivity index (χ4n) is 3.26. The van der Waals surface area contributed by atoms with Gasteiger partial charge in [-0.2, -0.15) is 0 Å². The van der Waals surface area contributed by atoms with Crippen molar-refractivity contribution in [3.63, 3.8) is 0 Å². The van der Waals surface area contributed by atoms with Crippen LogP contribution in [0, 0.1) is 12.8 Å². The fraction of sp³-hybridized carbons (Fsp3) is 0.600. The quantitative estimate of drug-likeness (QED) is 0.827. The van der Waals surface area contributed by atoms with Crippen molar-refractivity contribution >= 4 is 11.8 Å². The SMILES string of the molecule is Cc1ccc(OCC(=O)N2CCC[C@H](CCC(=O)NC3CC3)C2)cc1. The van der Waals surface area contributed by atoms with Crippen LogP contribution in [0.1, 0.15) is 44.1 Å². The zero-order valence-electron chi connectivity index (χ0n) is 15.0. The van der Waals surface area contributed by atoms with E-state index in [9.17, 15) is 9.59 Å². The second-order valence-corrected chi connectivity index (χ2v) is 7.33. The summed E-state index contributed by atoms with van der Waals surface area (Å²) in [6.07, 6.45) is 5.78. The van der Waals surface area contributed by atoms with Gasteiger partial charge in [0, 0.05) is 25.6 Å². The molecule has 136 valence electrons. The van der Waals surface area contributed by atoms with Gasteiger partial charge in [-0.3, -0.25) is 9.59 Å². The summed E-state index contributed by atoms with van der Waals surface area (Å²) in [5.74, 6) is 1.34. The first-order valence-corrected chi connectivity index (χ1v) is 9.37. The monoisotopic (exact) mass is 344 g/mol. The summed E-state index contributed by atoms with van der Waals surface area (Å²) < 4.78 is 5.60. The summed E-state index contributed by atoms with van der Waals surface area (Å²) >= 11 is 0. The molecule has 1 heterocycles. The molecule has 1 N–H and O–H groups in total. The van der Waals surface area contributed by atoms with Crippen LogP contribution in [0.25, 0.3) is 0 Å². The normalized spacial score (nSPS) is 20.2. The van der Waals surface area contributed by atoms with Crippen LogP contribution in [0.3, 0.4) is 0 Å². The van der Waals surface area contributed by atoms with Crippen LogP contribution in [0.15, 0.2) is 24.3 Å². The lowest BCUT2D eigenvalue weighted by Crippen LogP contribution is -2.42. The maximum absolute atomic E-state index is 12.4. The van der Waals surface area contributed by atoms with Crippen molar-refractivity contribution in [1.82, 2.24) is 10.2 Å². The predicted octanol–water partition coefficient (Wildman–Crippen LogP) is 2.67. The third-order valence-corrected chi connectivity index (χ3v) is 4.98. The summed E-state index contributed by atoms with van der Waals surface area (Å²) in [5, 5.41) is 3.03. The minimum absolute atomic E-state index is 0.0349. The van der Waals surface area contributed by atoms with Crippen LogP contribution in [-0.4, -0.2) is 42.5 Å². The smallest absolute Gasteiger partial charge is 0.260 e. The summed E-state index contributed by atoms with van der Waals surface area (Å²) in [7, 11) is 0. The van der Waals surface area contributed by atoms with Gasteiger partial charge in [-0.15, -0.1) is 0 Å². The number of nitrogens with one attached hydrogen (secondary N) is 1. The minimum atomic E-state index is 0.0349. The molecular formula is C20H28N2O3. The number of hydrogen-bond acceptors (Lipinski definition) is 3. The predicted molar refractivity (Wildman–Crippen MR) is 96.4 cm³/mol. The van der Waals surface area contributed by atoms with Crippen molar-refractivity contribution < 1.29 is 14.3 Å². The van der Waals surface area contributed by atoms with Gasteiger partial charge in [0.05, 0.1) is 0 Å². The molecule has 2 amide bonds. The number of aryl methyl sites for hydroxylation is 1. The summed E-state index contributed by atoms with van der Waals surface area (Å²) in [4.78, 5) is 26.1. The number of ether oxygens (including phenoxy) is 1. The van der Waals surface area contributed by atoms with Gasteiger partial charge >= 0.3 is 0 Å². The van der Waals surface area contributed by atoms with Gasteiger partial charge in [0.25, 0.3) is 5.91 Å². The van der Waals surface area contributed by atoms with Crippen molar-refractivity contribution in [2.75, 3.05) is 19.7 Å². The van der Waals surface area contributed by atoms with E-state index < -0.39 is 0 Å². The van der Waals surface area contributed by atoms with E-state index in [0.717, 1.165) is 50.9 Å². The second kappa shape index (κ2) is 8.37. The van der Waals surface area contributed by atoms with E-state index in [-0.39, 0.29) is 18.4 Å². The van der Waals surface area contributed by atoms with E-state index in [4.69, 9.17) is 4.74 Å². The Hall–Kier alpha value is -2.04. The number of carbonyl (C=O) groups is 2. The number of nitrogens with zero attached hydrogens (tertiary/aromatic N) is 1. The number of likely N-dealkylation sites (tertiary alicyclic amines) is 1. The molecular weight excluding hydrogens is 316 g/mol. The number of rotatable bonds is 7. The Balaban J connectivity index is 1.39. The van der Waals surface area contributed by atoms with Crippen molar-refractivity contribution in [3.8, 4) is 5.75 Å². The highest BCUT2D eigenvalue weighted by Crippen LogP contribution is 2.23. The summed E-state index contributed by atoms with van der Waals surface area (Å²) in [6, 6.07) is 8.16. The van der Waals surface area contributed by atoms with Crippen molar-refractivity contribution in [3.05, 3.63) is 29.8 Å². The largest absolute Gasteiger partial charge is 0.484 e. The zero-order chi connectivity index (χ0) is 17.6. The topological polar surface area (TPSA) is 58.6 Å². The molecule has 25 heavy (non-hydrogen) atoms. The van der Waals surface area contributed by atoms with E-state index in [1.807, 2.05) is 36.1 Å². The molecule has 5 nitrogen and oxygen atoms in total. The highest BCUT2D eigenvalue weighted by atomic mass is 16.5. The van der Waals surface area contributed by atoms with Crippen LogP contribution in [0.5, 0.6) is 5.75 Å². The highest BCUT2D eigenvalue weighted by molar-refractivity contribution is 5.78. The van der Waals surface area contributed by atoms with Gasteiger partial charge in [0.15, 0.2) is 6.61 Å². The molecule has 0 radical (unpaired) electrons. The molecule has 0 aromatic heterocycles. The molecule has 1 saturated heterocycles. The number of benzene rings is 1. The first-order chi connectivity index (χ1) is 12.1. The van der Waals surface area contributed by atoms with Gasteiger partial charge in [-0.25, -0.2) is 0 Å². The van der Waals surface area contributed by atoms with Gasteiger partial charge in [0.2, 0.25) is 5.91 Å². The molecule has 1 aliphatic carbocycles. The molecule has 0 unspecified atom stereocenters. The molecule has 1 saturated carbocycles. The van der Waals surface area contributed by atoms with Crippen molar-refractivity contribution in [2.45, 2.75) is 51.5 Å². The van der Waals surface area contributed by atoms with Crippen LogP contribution in [-0.2, 0) is 9.59 Å². The molecule has 1 aliphatic heterocycles. The van der Waals surface area contributed by atoms with Crippen LogP contribution >= 0.6 is 0 Å². The molecule has 1 aromatic carbocycles. The summed E-state index contributed by atoms with van der Waals surface area (Å²) in [6.45, 7) is 3.64. The summed E-state index contributed by atoms with van der Waals surface area (Å²) in [5.41, 5.74) is 1.17. The van der Waals surface area contributed by atoms with Crippen LogP contribution < -0.4 is 10.1 Å². The average molecular weight is 344 g/mol. The molecule has 3 rings (SSSR count). The minimum Gasteiger partial charge on any atom is -0.484 e. The molecule has 5 heteroatoms. The van der Waals surface area contributed by atoms with E-state index in [2.05, 4.69) is 5.32 Å². The van der Waals surface area contributed by atoms with Gasteiger partial charge in [0.1, 0.15) is 5.75 Å². The number of amides is 2. The molecule has 1 aromatic rings. The Kier molecular flexibility index (Phi) is 5.95. The number of carbonyl (C=O) groups excluding carboxylic acids is 2. The van der Waals surface area contributed by atoms with Gasteiger partial charge < -0.3 is 15.0 Å². The van der Waals surface area contributed by atoms with E-state index in [0.29, 0.717) is 18.4 Å². The Morgan fingerprint density at radius 3 is 2.68 bits per heavy atom. The van der Waals surface area contributed by atoms with Gasteiger partial charge in [-0.1, -0.05) is 17.7 Å². The molecule has 0 bridgehead atoms. The fourth-order valence-corrected chi connectivity index (χ4v) is 3.26. The average Bonchev–Trinajstić information content (AvgIpc) is 3.43. The first-order valence-electron chi connectivity index (χ1n) is 9.37. The Morgan fingerprint density at radius 1 is 1.20 bits per heavy atom. The third kappa shape index (κ3) is 5.76. The van der Waals surface area contributed by atoms with E-state index in [1.54, 1.807) is 0 Å².